The standard InChI is InChI=1S/C9H20O4.C5H10O2/c1-7(11)5-12-9(3)6-13-8(2)4-10;1-2-3-4-5(6)7/h7-11H,4-6H2,1-3H3;2-4H2,1H3,(H,6,7). The normalized spacial score (nSPS) is 14.9. The predicted molar refractivity (Wildman–Crippen MR) is 76.8 cm³/mol. The van der Waals surface area contributed by atoms with Gasteiger partial charge in [0, 0.05) is 6.42 Å². The van der Waals surface area contributed by atoms with Crippen LogP contribution < -0.4 is 0 Å². The summed E-state index contributed by atoms with van der Waals surface area (Å²) in [4.78, 5) is 9.76. The van der Waals surface area contributed by atoms with Crippen LogP contribution in [0.25, 0.3) is 0 Å². The minimum atomic E-state index is -0.693. The van der Waals surface area contributed by atoms with E-state index in [1.807, 2.05) is 13.8 Å². The lowest BCUT2D eigenvalue weighted by atomic mass is 10.3. The number of hydrogen-bond acceptors (Lipinski definition) is 5. The van der Waals surface area contributed by atoms with E-state index in [-0.39, 0.29) is 18.8 Å². The Balaban J connectivity index is 0. The van der Waals surface area contributed by atoms with Crippen molar-refractivity contribution in [2.45, 2.75) is 65.3 Å². The molecule has 3 unspecified atom stereocenters. The van der Waals surface area contributed by atoms with Crippen molar-refractivity contribution in [3.63, 3.8) is 0 Å². The van der Waals surface area contributed by atoms with Gasteiger partial charge in [0.1, 0.15) is 0 Å². The molecule has 3 atom stereocenters. The molecule has 0 radical (unpaired) electrons. The van der Waals surface area contributed by atoms with Gasteiger partial charge in [-0.2, -0.15) is 0 Å². The Kier molecular flexibility index (Phi) is 15.9. The van der Waals surface area contributed by atoms with E-state index in [4.69, 9.17) is 24.8 Å². The minimum absolute atomic E-state index is 0.0170. The molecule has 0 aliphatic rings. The van der Waals surface area contributed by atoms with Crippen LogP contribution in [0.2, 0.25) is 0 Å². The Morgan fingerprint density at radius 2 is 1.65 bits per heavy atom. The molecular weight excluding hydrogens is 264 g/mol. The molecule has 6 nitrogen and oxygen atoms in total. The second-order valence-corrected chi connectivity index (χ2v) is 4.82. The summed E-state index contributed by atoms with van der Waals surface area (Å²) < 4.78 is 10.5. The second-order valence-electron chi connectivity index (χ2n) is 4.82. The van der Waals surface area contributed by atoms with Crippen molar-refractivity contribution in [3.05, 3.63) is 0 Å². The highest BCUT2D eigenvalue weighted by atomic mass is 16.5. The molecule has 3 N–H and O–H groups in total. The molecule has 0 aliphatic heterocycles. The highest BCUT2D eigenvalue weighted by Gasteiger charge is 2.06. The topological polar surface area (TPSA) is 96.2 Å². The fraction of sp³-hybridized carbons (Fsp3) is 0.929. The number of ether oxygens (including phenoxy) is 2. The van der Waals surface area contributed by atoms with Gasteiger partial charge < -0.3 is 24.8 Å². The average Bonchev–Trinajstić information content (AvgIpc) is 2.40. The number of rotatable bonds is 10. The molecule has 0 aromatic rings. The van der Waals surface area contributed by atoms with Crippen LogP contribution in [0.15, 0.2) is 0 Å². The Bertz CT molecular complexity index is 220. The first-order valence-electron chi connectivity index (χ1n) is 7.07. The van der Waals surface area contributed by atoms with Crippen molar-refractivity contribution in [2.75, 3.05) is 19.8 Å². The van der Waals surface area contributed by atoms with E-state index in [0.29, 0.717) is 19.6 Å². The Morgan fingerprint density at radius 1 is 1.10 bits per heavy atom. The molecule has 0 fully saturated rings. The SMILES string of the molecule is CC(O)COC(C)COC(C)CO.CCCCC(=O)O. The van der Waals surface area contributed by atoms with Gasteiger partial charge in [-0.25, -0.2) is 0 Å². The monoisotopic (exact) mass is 294 g/mol. The van der Waals surface area contributed by atoms with Crippen LogP contribution in [0.4, 0.5) is 0 Å². The van der Waals surface area contributed by atoms with Gasteiger partial charge in [-0.15, -0.1) is 0 Å². The Hall–Kier alpha value is -0.690. The van der Waals surface area contributed by atoms with Gasteiger partial charge >= 0.3 is 5.97 Å². The summed E-state index contributed by atoms with van der Waals surface area (Å²) in [5.41, 5.74) is 0. The summed E-state index contributed by atoms with van der Waals surface area (Å²) in [7, 11) is 0. The van der Waals surface area contributed by atoms with E-state index in [1.165, 1.54) is 0 Å². The molecule has 0 saturated heterocycles. The fourth-order valence-electron chi connectivity index (χ4n) is 1.03. The highest BCUT2D eigenvalue weighted by molar-refractivity contribution is 5.66. The van der Waals surface area contributed by atoms with Gasteiger partial charge in [-0.3, -0.25) is 4.79 Å². The molecular formula is C14H30O6. The Labute approximate surface area is 121 Å². The van der Waals surface area contributed by atoms with Gasteiger partial charge in [0.05, 0.1) is 38.1 Å². The van der Waals surface area contributed by atoms with Crippen LogP contribution in [0.5, 0.6) is 0 Å². The molecule has 0 spiro atoms. The van der Waals surface area contributed by atoms with Gasteiger partial charge in [0.2, 0.25) is 0 Å². The molecule has 0 amide bonds. The molecule has 20 heavy (non-hydrogen) atoms. The summed E-state index contributed by atoms with van der Waals surface area (Å²) in [6.45, 7) is 8.08. The molecule has 122 valence electrons. The van der Waals surface area contributed by atoms with E-state index in [2.05, 4.69) is 0 Å². The van der Waals surface area contributed by atoms with E-state index >= 15 is 0 Å². The predicted octanol–water partition coefficient (Wildman–Crippen LogP) is 1.43. The van der Waals surface area contributed by atoms with Crippen LogP contribution in [-0.2, 0) is 14.3 Å². The first kappa shape index (κ1) is 21.6. The average molecular weight is 294 g/mol. The van der Waals surface area contributed by atoms with Crippen molar-refractivity contribution in [3.8, 4) is 0 Å². The maximum Gasteiger partial charge on any atom is 0.303 e. The van der Waals surface area contributed by atoms with Crippen molar-refractivity contribution < 1.29 is 29.6 Å². The van der Waals surface area contributed by atoms with Crippen molar-refractivity contribution >= 4 is 5.97 Å². The molecule has 0 aliphatic carbocycles. The number of hydrogen-bond donors (Lipinski definition) is 3. The van der Waals surface area contributed by atoms with Crippen molar-refractivity contribution in [1.29, 1.82) is 0 Å². The van der Waals surface area contributed by atoms with Gasteiger partial charge in [0.25, 0.3) is 0 Å². The fourth-order valence-corrected chi connectivity index (χ4v) is 1.03. The third-order valence-corrected chi connectivity index (χ3v) is 2.24. The second kappa shape index (κ2) is 14.7. The molecule has 6 heteroatoms. The lowest BCUT2D eigenvalue weighted by Crippen LogP contribution is -2.24. The number of carboxylic acid groups (broad SMARTS) is 1. The van der Waals surface area contributed by atoms with Crippen LogP contribution in [-0.4, -0.2) is 59.4 Å². The summed E-state index contributed by atoms with van der Waals surface area (Å²) in [6, 6.07) is 0. The zero-order chi connectivity index (χ0) is 16.0. The third kappa shape index (κ3) is 19.6. The van der Waals surface area contributed by atoms with Gasteiger partial charge in [-0.1, -0.05) is 13.3 Å². The van der Waals surface area contributed by atoms with Crippen LogP contribution in [0, 0.1) is 0 Å². The lowest BCUT2D eigenvalue weighted by molar-refractivity contribution is -0.137. The van der Waals surface area contributed by atoms with E-state index in [9.17, 15) is 4.79 Å². The first-order valence-corrected chi connectivity index (χ1v) is 7.07. The number of aliphatic carboxylic acids is 1. The molecule has 0 rings (SSSR count). The highest BCUT2D eigenvalue weighted by Crippen LogP contribution is 1.97. The zero-order valence-electron chi connectivity index (χ0n) is 13.0. The van der Waals surface area contributed by atoms with Crippen molar-refractivity contribution in [1.82, 2.24) is 0 Å². The van der Waals surface area contributed by atoms with Crippen molar-refractivity contribution in [2.24, 2.45) is 0 Å². The maximum absolute atomic E-state index is 9.76. The molecule has 0 heterocycles. The summed E-state index contributed by atoms with van der Waals surface area (Å²) in [6.07, 6.45) is 1.43. The quantitative estimate of drug-likeness (QED) is 0.564. The lowest BCUT2D eigenvalue weighted by Gasteiger charge is -2.16. The number of aliphatic hydroxyl groups is 2. The summed E-state index contributed by atoms with van der Waals surface area (Å²) in [5, 5.41) is 25.6. The van der Waals surface area contributed by atoms with Crippen LogP contribution in [0.1, 0.15) is 47.0 Å². The van der Waals surface area contributed by atoms with Crippen LogP contribution in [0.3, 0.4) is 0 Å². The maximum atomic E-state index is 9.76. The number of carbonyl (C=O) groups is 1. The van der Waals surface area contributed by atoms with Gasteiger partial charge in [0.15, 0.2) is 0 Å². The van der Waals surface area contributed by atoms with Crippen LogP contribution >= 0.6 is 0 Å². The zero-order valence-corrected chi connectivity index (χ0v) is 13.0. The van der Waals surface area contributed by atoms with E-state index in [0.717, 1.165) is 12.8 Å². The van der Waals surface area contributed by atoms with E-state index in [1.54, 1.807) is 13.8 Å². The third-order valence-electron chi connectivity index (χ3n) is 2.24. The molecule has 0 aromatic heterocycles. The summed E-state index contributed by atoms with van der Waals surface area (Å²) in [5.74, 6) is -0.693. The Morgan fingerprint density at radius 3 is 2.00 bits per heavy atom. The van der Waals surface area contributed by atoms with Gasteiger partial charge in [-0.05, 0) is 27.2 Å². The molecule has 0 saturated carbocycles. The minimum Gasteiger partial charge on any atom is -0.481 e. The summed E-state index contributed by atoms with van der Waals surface area (Å²) >= 11 is 0. The smallest absolute Gasteiger partial charge is 0.303 e. The number of aliphatic hydroxyl groups excluding tert-OH is 2. The molecule has 0 aromatic carbocycles. The number of carboxylic acids is 1. The van der Waals surface area contributed by atoms with E-state index < -0.39 is 12.1 Å². The largest absolute Gasteiger partial charge is 0.481 e. The first-order chi connectivity index (χ1) is 9.33. The number of unbranched alkanes of at least 4 members (excludes halogenated alkanes) is 1. The molecule has 0 bridgehead atoms.